The lowest BCUT2D eigenvalue weighted by Gasteiger charge is -2.22. The number of hydrogen-bond acceptors (Lipinski definition) is 4. The third kappa shape index (κ3) is 3.40. The predicted molar refractivity (Wildman–Crippen MR) is 93.7 cm³/mol. The molecular formula is C19H14F2N4O3. The number of rotatable bonds is 4. The lowest BCUT2D eigenvalue weighted by molar-refractivity contribution is -0.133. The van der Waals surface area contributed by atoms with Crippen LogP contribution < -0.4 is 10.6 Å². The van der Waals surface area contributed by atoms with Crippen LogP contribution in [0.3, 0.4) is 0 Å². The van der Waals surface area contributed by atoms with Crippen LogP contribution in [0.4, 0.5) is 19.3 Å². The van der Waals surface area contributed by atoms with E-state index in [4.69, 9.17) is 5.26 Å². The maximum atomic E-state index is 14.1. The van der Waals surface area contributed by atoms with Crippen molar-refractivity contribution in [3.63, 3.8) is 0 Å². The minimum Gasteiger partial charge on any atom is -0.324 e. The first kappa shape index (κ1) is 19.0. The van der Waals surface area contributed by atoms with E-state index in [0.717, 1.165) is 18.2 Å². The highest BCUT2D eigenvalue weighted by Crippen LogP contribution is 2.31. The Morgan fingerprint density at radius 2 is 2.00 bits per heavy atom. The SMILES string of the molecule is CC1(c2cc(F)ccc2F)NC(=O)N(CC(=O)Nc2cccc(C#N)c2)C1=O. The number of carbonyl (C=O) groups is 3. The van der Waals surface area contributed by atoms with Gasteiger partial charge in [-0.25, -0.2) is 13.6 Å². The van der Waals surface area contributed by atoms with E-state index in [0.29, 0.717) is 16.2 Å². The molecule has 0 spiro atoms. The van der Waals surface area contributed by atoms with Crippen molar-refractivity contribution >= 4 is 23.5 Å². The van der Waals surface area contributed by atoms with Gasteiger partial charge in [0.2, 0.25) is 5.91 Å². The number of imide groups is 1. The van der Waals surface area contributed by atoms with Gasteiger partial charge < -0.3 is 10.6 Å². The average molecular weight is 384 g/mol. The Hall–Kier alpha value is -3.80. The van der Waals surface area contributed by atoms with Gasteiger partial charge in [0.1, 0.15) is 23.7 Å². The molecule has 1 unspecified atom stereocenters. The molecule has 4 amide bonds. The van der Waals surface area contributed by atoms with E-state index in [2.05, 4.69) is 10.6 Å². The Balaban J connectivity index is 1.79. The molecule has 0 aromatic heterocycles. The van der Waals surface area contributed by atoms with Crippen LogP contribution in [-0.4, -0.2) is 29.3 Å². The summed E-state index contributed by atoms with van der Waals surface area (Å²) in [4.78, 5) is 37.8. The van der Waals surface area contributed by atoms with Crippen LogP contribution in [0.15, 0.2) is 42.5 Å². The normalized spacial score (nSPS) is 18.6. The molecule has 0 saturated carbocycles. The summed E-state index contributed by atoms with van der Waals surface area (Å²) in [6.07, 6.45) is 0. The first-order valence-corrected chi connectivity index (χ1v) is 8.14. The summed E-state index contributed by atoms with van der Waals surface area (Å²) in [7, 11) is 0. The zero-order chi connectivity index (χ0) is 20.5. The number of benzene rings is 2. The fraction of sp³-hybridized carbons (Fsp3) is 0.158. The van der Waals surface area contributed by atoms with E-state index >= 15 is 0 Å². The van der Waals surface area contributed by atoms with Crippen LogP contribution >= 0.6 is 0 Å². The number of nitrogens with one attached hydrogen (secondary N) is 2. The quantitative estimate of drug-likeness (QED) is 0.789. The lowest BCUT2D eigenvalue weighted by Crippen LogP contribution is -2.42. The first-order chi connectivity index (χ1) is 13.2. The molecule has 7 nitrogen and oxygen atoms in total. The molecule has 142 valence electrons. The van der Waals surface area contributed by atoms with Crippen molar-refractivity contribution < 1.29 is 23.2 Å². The molecule has 2 aromatic rings. The van der Waals surface area contributed by atoms with Gasteiger partial charge in [-0.1, -0.05) is 6.07 Å². The van der Waals surface area contributed by atoms with E-state index in [9.17, 15) is 23.2 Å². The third-order valence-electron chi connectivity index (χ3n) is 4.32. The van der Waals surface area contributed by atoms with Crippen LogP contribution in [0.2, 0.25) is 0 Å². The largest absolute Gasteiger partial charge is 0.325 e. The van der Waals surface area contributed by atoms with Crippen molar-refractivity contribution in [3.05, 3.63) is 65.2 Å². The minimum absolute atomic E-state index is 0.315. The van der Waals surface area contributed by atoms with Gasteiger partial charge in [-0.3, -0.25) is 14.5 Å². The van der Waals surface area contributed by atoms with E-state index in [1.807, 2.05) is 6.07 Å². The number of anilines is 1. The molecule has 1 aliphatic heterocycles. The summed E-state index contributed by atoms with van der Waals surface area (Å²) in [6.45, 7) is 0.605. The third-order valence-corrected chi connectivity index (χ3v) is 4.32. The molecule has 0 bridgehead atoms. The average Bonchev–Trinajstić information content (AvgIpc) is 2.87. The van der Waals surface area contributed by atoms with E-state index in [1.165, 1.54) is 19.1 Å². The molecule has 2 N–H and O–H groups in total. The van der Waals surface area contributed by atoms with Crippen molar-refractivity contribution in [2.45, 2.75) is 12.5 Å². The van der Waals surface area contributed by atoms with Crippen molar-refractivity contribution in [1.29, 1.82) is 5.26 Å². The number of hydrogen-bond donors (Lipinski definition) is 2. The van der Waals surface area contributed by atoms with Crippen LogP contribution in [0.5, 0.6) is 0 Å². The Kier molecular flexibility index (Phi) is 4.79. The highest BCUT2D eigenvalue weighted by molar-refractivity contribution is 6.10. The predicted octanol–water partition coefficient (Wildman–Crippen LogP) is 2.24. The maximum Gasteiger partial charge on any atom is 0.325 e. The standard InChI is InChI=1S/C19H14F2N4O3/c1-19(14-8-12(20)5-6-15(14)21)17(27)25(18(28)24-19)10-16(26)23-13-4-2-3-11(7-13)9-22/h2-8H,10H2,1H3,(H,23,26)(H,24,28). The summed E-state index contributed by atoms with van der Waals surface area (Å²) < 4.78 is 27.6. The van der Waals surface area contributed by atoms with Crippen LogP contribution in [0.25, 0.3) is 0 Å². The summed E-state index contributed by atoms with van der Waals surface area (Å²) in [5.74, 6) is -3.21. The minimum atomic E-state index is -1.84. The van der Waals surface area contributed by atoms with Crippen molar-refractivity contribution in [2.24, 2.45) is 0 Å². The molecule has 1 heterocycles. The summed E-state index contributed by atoms with van der Waals surface area (Å²) >= 11 is 0. The second-order valence-electron chi connectivity index (χ2n) is 6.31. The summed E-state index contributed by atoms with van der Waals surface area (Å²) in [6, 6.07) is 9.66. The monoisotopic (exact) mass is 384 g/mol. The number of halogens is 2. The van der Waals surface area contributed by atoms with Gasteiger partial charge in [-0.15, -0.1) is 0 Å². The topological polar surface area (TPSA) is 102 Å². The zero-order valence-corrected chi connectivity index (χ0v) is 14.6. The van der Waals surface area contributed by atoms with Crippen molar-refractivity contribution in [2.75, 3.05) is 11.9 Å². The fourth-order valence-corrected chi connectivity index (χ4v) is 2.91. The Bertz CT molecular complexity index is 1030. The molecule has 3 rings (SSSR count). The number of amides is 4. The van der Waals surface area contributed by atoms with Gasteiger partial charge >= 0.3 is 6.03 Å². The number of urea groups is 1. The van der Waals surface area contributed by atoms with Crippen LogP contribution in [0, 0.1) is 23.0 Å². The first-order valence-electron chi connectivity index (χ1n) is 8.14. The maximum absolute atomic E-state index is 14.1. The van der Waals surface area contributed by atoms with E-state index in [1.54, 1.807) is 12.1 Å². The number of carbonyl (C=O) groups excluding carboxylic acids is 3. The van der Waals surface area contributed by atoms with Gasteiger partial charge in [0.05, 0.1) is 11.6 Å². The van der Waals surface area contributed by atoms with Crippen molar-refractivity contribution in [3.8, 4) is 6.07 Å². The van der Waals surface area contributed by atoms with Crippen molar-refractivity contribution in [1.82, 2.24) is 10.2 Å². The molecule has 28 heavy (non-hydrogen) atoms. The highest BCUT2D eigenvalue weighted by Gasteiger charge is 2.50. The molecule has 1 atom stereocenters. The Morgan fingerprint density at radius 3 is 2.71 bits per heavy atom. The second kappa shape index (κ2) is 7.08. The molecule has 0 radical (unpaired) electrons. The second-order valence-corrected chi connectivity index (χ2v) is 6.31. The smallest absolute Gasteiger partial charge is 0.324 e. The highest BCUT2D eigenvalue weighted by atomic mass is 19.1. The summed E-state index contributed by atoms with van der Waals surface area (Å²) in [5.41, 5.74) is -1.54. The van der Waals surface area contributed by atoms with Gasteiger partial charge in [-0.05, 0) is 43.3 Å². The van der Waals surface area contributed by atoms with E-state index in [-0.39, 0.29) is 5.56 Å². The Labute approximate surface area is 158 Å². The van der Waals surface area contributed by atoms with Gasteiger partial charge in [0.25, 0.3) is 5.91 Å². The molecule has 1 aliphatic rings. The number of nitrogens with zero attached hydrogens (tertiary/aromatic N) is 2. The fourth-order valence-electron chi connectivity index (χ4n) is 2.91. The Morgan fingerprint density at radius 1 is 1.25 bits per heavy atom. The van der Waals surface area contributed by atoms with Gasteiger partial charge in [0.15, 0.2) is 0 Å². The van der Waals surface area contributed by atoms with Gasteiger partial charge in [-0.2, -0.15) is 5.26 Å². The number of nitriles is 1. The molecule has 0 aliphatic carbocycles. The van der Waals surface area contributed by atoms with Gasteiger partial charge in [0, 0.05) is 11.3 Å². The molecule has 1 fully saturated rings. The lowest BCUT2D eigenvalue weighted by atomic mass is 9.91. The van der Waals surface area contributed by atoms with E-state index < -0.39 is 41.6 Å². The summed E-state index contributed by atoms with van der Waals surface area (Å²) in [5, 5.41) is 13.7. The molecular weight excluding hydrogens is 370 g/mol. The molecule has 9 heteroatoms. The zero-order valence-electron chi connectivity index (χ0n) is 14.6. The molecule has 2 aromatic carbocycles. The molecule has 1 saturated heterocycles. The van der Waals surface area contributed by atoms with Crippen LogP contribution in [0.1, 0.15) is 18.1 Å². The van der Waals surface area contributed by atoms with Crippen LogP contribution in [-0.2, 0) is 15.1 Å².